The van der Waals surface area contributed by atoms with Crippen LogP contribution in [-0.4, -0.2) is 40.0 Å². The van der Waals surface area contributed by atoms with Gasteiger partial charge in [-0.2, -0.15) is 5.10 Å². The molecular formula is C20H18N6O3. The van der Waals surface area contributed by atoms with E-state index in [1.54, 1.807) is 37.5 Å². The predicted molar refractivity (Wildman–Crippen MR) is 110 cm³/mol. The quantitative estimate of drug-likeness (QED) is 0.443. The number of ether oxygens (including phenoxy) is 1. The first-order valence-corrected chi connectivity index (χ1v) is 8.78. The van der Waals surface area contributed by atoms with Crippen molar-refractivity contribution in [3.63, 3.8) is 0 Å². The molecule has 3 N–H and O–H groups in total. The van der Waals surface area contributed by atoms with Crippen LogP contribution in [0.25, 0.3) is 28.4 Å². The van der Waals surface area contributed by atoms with E-state index in [-0.39, 0.29) is 18.5 Å². The molecule has 0 saturated carbocycles. The van der Waals surface area contributed by atoms with Crippen LogP contribution in [0.1, 0.15) is 5.69 Å². The lowest BCUT2D eigenvalue weighted by Gasteiger charge is -2.06. The molecule has 0 bridgehead atoms. The largest absolute Gasteiger partial charge is 0.497 e. The molecule has 2 heterocycles. The Morgan fingerprint density at radius 3 is 3.00 bits per heavy atom. The third-order valence-corrected chi connectivity index (χ3v) is 4.21. The molecule has 4 rings (SSSR count). The highest BCUT2D eigenvalue weighted by molar-refractivity contribution is 5.93. The van der Waals surface area contributed by atoms with Crippen LogP contribution in [0.5, 0.6) is 5.75 Å². The van der Waals surface area contributed by atoms with Crippen molar-refractivity contribution in [1.29, 1.82) is 0 Å². The van der Waals surface area contributed by atoms with Crippen molar-refractivity contribution in [2.45, 2.75) is 0 Å². The number of hydrogen-bond acceptors (Lipinski definition) is 7. The molecule has 9 nitrogen and oxygen atoms in total. The fraction of sp³-hybridized carbons (Fsp3) is 0.100. The molecular weight excluding hydrogens is 372 g/mol. The third kappa shape index (κ3) is 3.93. The summed E-state index contributed by atoms with van der Waals surface area (Å²) in [4.78, 5) is 12.1. The van der Waals surface area contributed by atoms with Crippen LogP contribution in [-0.2, 0) is 4.79 Å². The lowest BCUT2D eigenvalue weighted by molar-refractivity contribution is -0.114. The van der Waals surface area contributed by atoms with Crippen molar-refractivity contribution in [2.24, 2.45) is 0 Å². The van der Waals surface area contributed by atoms with Gasteiger partial charge in [0.05, 0.1) is 24.9 Å². The number of rotatable bonds is 7. The number of amides is 1. The summed E-state index contributed by atoms with van der Waals surface area (Å²) in [7, 11) is 1.57. The zero-order valence-corrected chi connectivity index (χ0v) is 15.6. The minimum atomic E-state index is -0.256. The Bertz CT molecular complexity index is 1180. The number of carbonyl (C=O) groups excluding carboxylic acids is 1. The molecule has 0 aliphatic rings. The molecule has 1 amide bonds. The Labute approximate surface area is 165 Å². The number of aromatic amines is 1. The summed E-state index contributed by atoms with van der Waals surface area (Å²) in [6.45, 7) is 3.72. The van der Waals surface area contributed by atoms with Crippen molar-refractivity contribution in [1.82, 2.24) is 20.4 Å². The van der Waals surface area contributed by atoms with Gasteiger partial charge in [0.15, 0.2) is 0 Å². The Morgan fingerprint density at radius 2 is 2.17 bits per heavy atom. The lowest BCUT2D eigenvalue weighted by Crippen LogP contribution is -2.21. The Balaban J connectivity index is 1.41. The SMILES string of the molecule is C=Cc1n[nH]c2ccc(-c3nnc(NCC(=O)Nc4cccc(OC)c4)o3)cc12. The maximum atomic E-state index is 12.1. The second-order valence-electron chi connectivity index (χ2n) is 6.12. The van der Waals surface area contributed by atoms with Crippen LogP contribution in [0.15, 0.2) is 53.5 Å². The standard InChI is InChI=1S/C20H18N6O3/c1-3-16-15-9-12(7-8-17(15)24-23-16)19-25-26-20(29-19)21-11-18(27)22-13-5-4-6-14(10-13)28-2/h3-10H,1,11H2,2H3,(H,21,26)(H,22,27)(H,23,24). The molecule has 0 fully saturated rings. The average molecular weight is 390 g/mol. The van der Waals surface area contributed by atoms with Crippen molar-refractivity contribution < 1.29 is 13.9 Å². The number of nitrogens with one attached hydrogen (secondary N) is 3. The van der Waals surface area contributed by atoms with Gasteiger partial charge in [0.2, 0.25) is 11.8 Å². The summed E-state index contributed by atoms with van der Waals surface area (Å²) >= 11 is 0. The Morgan fingerprint density at radius 1 is 1.28 bits per heavy atom. The van der Waals surface area contributed by atoms with Crippen LogP contribution in [0.4, 0.5) is 11.7 Å². The number of hydrogen-bond donors (Lipinski definition) is 3. The van der Waals surface area contributed by atoms with Gasteiger partial charge in [-0.1, -0.05) is 17.7 Å². The molecule has 0 unspecified atom stereocenters. The number of aromatic nitrogens is 4. The number of fused-ring (bicyclic) bond motifs is 1. The third-order valence-electron chi connectivity index (χ3n) is 4.21. The van der Waals surface area contributed by atoms with Crippen molar-refractivity contribution in [3.05, 3.63) is 54.7 Å². The minimum absolute atomic E-state index is 0.0276. The van der Waals surface area contributed by atoms with E-state index in [9.17, 15) is 4.79 Å². The first-order chi connectivity index (χ1) is 14.2. The number of carbonyl (C=O) groups is 1. The van der Waals surface area contributed by atoms with Crippen LogP contribution in [0.2, 0.25) is 0 Å². The number of H-pyrrole nitrogens is 1. The van der Waals surface area contributed by atoms with Crippen LogP contribution in [0, 0.1) is 0 Å². The summed E-state index contributed by atoms with van der Waals surface area (Å²) in [6.07, 6.45) is 1.67. The number of anilines is 2. The number of nitrogens with zero attached hydrogens (tertiary/aromatic N) is 3. The molecule has 29 heavy (non-hydrogen) atoms. The molecule has 2 aromatic heterocycles. The maximum Gasteiger partial charge on any atom is 0.316 e. The number of benzene rings is 2. The fourth-order valence-corrected chi connectivity index (χ4v) is 2.80. The van der Waals surface area contributed by atoms with Gasteiger partial charge >= 0.3 is 6.01 Å². The van der Waals surface area contributed by atoms with Gasteiger partial charge in [-0.15, -0.1) is 5.10 Å². The molecule has 4 aromatic rings. The van der Waals surface area contributed by atoms with Gasteiger partial charge in [0.1, 0.15) is 5.75 Å². The zero-order valence-electron chi connectivity index (χ0n) is 15.6. The normalized spacial score (nSPS) is 10.7. The average Bonchev–Trinajstić information content (AvgIpc) is 3.38. The fourth-order valence-electron chi connectivity index (χ4n) is 2.80. The molecule has 146 valence electrons. The Hall–Kier alpha value is -4.14. The van der Waals surface area contributed by atoms with Crippen molar-refractivity contribution in [3.8, 4) is 17.2 Å². The Kier molecular flexibility index (Phi) is 4.93. The van der Waals surface area contributed by atoms with Crippen LogP contribution >= 0.6 is 0 Å². The van der Waals surface area contributed by atoms with E-state index in [1.807, 2.05) is 18.2 Å². The molecule has 0 aliphatic carbocycles. The van der Waals surface area contributed by atoms with Gasteiger partial charge in [0, 0.05) is 22.7 Å². The maximum absolute atomic E-state index is 12.1. The lowest BCUT2D eigenvalue weighted by atomic mass is 10.1. The molecule has 0 saturated heterocycles. The van der Waals surface area contributed by atoms with E-state index in [0.29, 0.717) is 17.3 Å². The predicted octanol–water partition coefficient (Wildman–Crippen LogP) is 3.32. The molecule has 0 atom stereocenters. The monoisotopic (exact) mass is 390 g/mol. The highest BCUT2D eigenvalue weighted by Gasteiger charge is 2.12. The number of methoxy groups -OCH3 is 1. The molecule has 0 aliphatic heterocycles. The van der Waals surface area contributed by atoms with E-state index >= 15 is 0 Å². The van der Waals surface area contributed by atoms with Gasteiger partial charge < -0.3 is 19.8 Å². The molecule has 2 aromatic carbocycles. The van der Waals surface area contributed by atoms with E-state index in [4.69, 9.17) is 9.15 Å². The van der Waals surface area contributed by atoms with E-state index in [2.05, 4.69) is 37.6 Å². The topological polar surface area (TPSA) is 118 Å². The van der Waals surface area contributed by atoms with E-state index < -0.39 is 0 Å². The first-order valence-electron chi connectivity index (χ1n) is 8.78. The second-order valence-corrected chi connectivity index (χ2v) is 6.12. The van der Waals surface area contributed by atoms with E-state index in [0.717, 1.165) is 22.2 Å². The molecule has 0 radical (unpaired) electrons. The minimum Gasteiger partial charge on any atom is -0.497 e. The van der Waals surface area contributed by atoms with Gasteiger partial charge in [-0.25, -0.2) is 0 Å². The highest BCUT2D eigenvalue weighted by Crippen LogP contribution is 2.26. The molecule has 0 spiro atoms. The van der Waals surface area contributed by atoms with Crippen LogP contribution < -0.4 is 15.4 Å². The highest BCUT2D eigenvalue weighted by atomic mass is 16.5. The van der Waals surface area contributed by atoms with Gasteiger partial charge in [0.25, 0.3) is 0 Å². The van der Waals surface area contributed by atoms with E-state index in [1.165, 1.54) is 0 Å². The first kappa shape index (κ1) is 18.2. The van der Waals surface area contributed by atoms with Gasteiger partial charge in [-0.05, 0) is 36.4 Å². The smallest absolute Gasteiger partial charge is 0.316 e. The summed E-state index contributed by atoms with van der Waals surface area (Å²) in [5.74, 6) is 0.735. The summed E-state index contributed by atoms with van der Waals surface area (Å²) < 4.78 is 10.8. The summed E-state index contributed by atoms with van der Waals surface area (Å²) in [5.41, 5.74) is 3.00. The van der Waals surface area contributed by atoms with Crippen LogP contribution in [0.3, 0.4) is 0 Å². The summed E-state index contributed by atoms with van der Waals surface area (Å²) in [6, 6.07) is 12.9. The summed E-state index contributed by atoms with van der Waals surface area (Å²) in [5, 5.41) is 21.6. The van der Waals surface area contributed by atoms with Gasteiger partial charge in [-0.3, -0.25) is 9.89 Å². The second kappa shape index (κ2) is 7.85. The molecule has 9 heteroatoms. The van der Waals surface area contributed by atoms with Crippen molar-refractivity contribution in [2.75, 3.05) is 24.3 Å². The zero-order chi connectivity index (χ0) is 20.2. The van der Waals surface area contributed by atoms with Crippen molar-refractivity contribution >= 4 is 34.6 Å².